The first-order valence-corrected chi connectivity index (χ1v) is 9.11. The molecule has 1 aromatic carbocycles. The van der Waals surface area contributed by atoms with Gasteiger partial charge in [0.2, 0.25) is 10.0 Å². The van der Waals surface area contributed by atoms with Gasteiger partial charge in [0.15, 0.2) is 0 Å². The molecule has 0 spiro atoms. The Morgan fingerprint density at radius 3 is 2.63 bits per heavy atom. The molecule has 0 saturated carbocycles. The van der Waals surface area contributed by atoms with Crippen molar-refractivity contribution in [3.63, 3.8) is 0 Å². The minimum atomic E-state index is -3.59. The van der Waals surface area contributed by atoms with Gasteiger partial charge in [-0.3, -0.25) is 0 Å². The molecule has 19 heavy (non-hydrogen) atoms. The van der Waals surface area contributed by atoms with Crippen molar-refractivity contribution in [2.24, 2.45) is 0 Å². The highest BCUT2D eigenvalue weighted by atomic mass is 79.9. The van der Waals surface area contributed by atoms with Crippen molar-refractivity contribution in [2.75, 3.05) is 5.73 Å². The number of nitrogens with one attached hydrogen (secondary N) is 1. The van der Waals surface area contributed by atoms with Gasteiger partial charge in [-0.25, -0.2) is 13.1 Å². The summed E-state index contributed by atoms with van der Waals surface area (Å²) < 4.78 is 28.3. The highest BCUT2D eigenvalue weighted by Crippen LogP contribution is 2.25. The van der Waals surface area contributed by atoms with Crippen LogP contribution >= 0.6 is 43.2 Å². The van der Waals surface area contributed by atoms with Crippen molar-refractivity contribution in [1.82, 2.24) is 4.72 Å². The third-order valence-electron chi connectivity index (χ3n) is 2.30. The molecule has 8 heteroatoms. The summed E-state index contributed by atoms with van der Waals surface area (Å²) in [4.78, 5) is 1.07. The average molecular weight is 426 g/mol. The number of nitrogen functional groups attached to an aromatic ring is 1. The summed E-state index contributed by atoms with van der Waals surface area (Å²) in [5, 5.41) is 1.90. The number of thiophene rings is 1. The maximum absolute atomic E-state index is 12.2. The number of anilines is 1. The second-order valence-corrected chi connectivity index (χ2v) is 8.25. The standard InChI is InChI=1S/C11H10Br2N2O2S2/c12-7-3-9(18-6-7)5-15-19(16,17)11-4-8(14)1-2-10(11)13/h1-4,6,15H,5,14H2. The minimum absolute atomic E-state index is 0.142. The lowest BCUT2D eigenvalue weighted by molar-refractivity contribution is 0.581. The lowest BCUT2D eigenvalue weighted by atomic mass is 10.3. The second kappa shape index (κ2) is 5.92. The van der Waals surface area contributed by atoms with Crippen molar-refractivity contribution in [3.05, 3.63) is 43.5 Å². The number of halogens is 2. The topological polar surface area (TPSA) is 72.2 Å². The second-order valence-electron chi connectivity index (χ2n) is 3.75. The fourth-order valence-corrected chi connectivity index (χ4v) is 4.90. The monoisotopic (exact) mass is 424 g/mol. The molecule has 0 bridgehead atoms. The van der Waals surface area contributed by atoms with Crippen LogP contribution in [-0.2, 0) is 16.6 Å². The lowest BCUT2D eigenvalue weighted by Gasteiger charge is -2.08. The third kappa shape index (κ3) is 3.79. The summed E-state index contributed by atoms with van der Waals surface area (Å²) in [6, 6.07) is 6.56. The summed E-state index contributed by atoms with van der Waals surface area (Å²) >= 11 is 8.03. The molecule has 0 atom stereocenters. The highest BCUT2D eigenvalue weighted by Gasteiger charge is 2.17. The van der Waals surface area contributed by atoms with Gasteiger partial charge < -0.3 is 5.73 Å². The Labute approximate surface area is 132 Å². The molecule has 1 heterocycles. The van der Waals surface area contributed by atoms with E-state index < -0.39 is 10.0 Å². The molecule has 0 aliphatic carbocycles. The molecule has 0 aliphatic rings. The molecule has 0 amide bonds. The summed E-state index contributed by atoms with van der Waals surface area (Å²) in [6.07, 6.45) is 0. The van der Waals surface area contributed by atoms with Gasteiger partial charge in [0.1, 0.15) is 0 Å². The van der Waals surface area contributed by atoms with E-state index in [-0.39, 0.29) is 11.4 Å². The van der Waals surface area contributed by atoms with Crippen molar-refractivity contribution in [3.8, 4) is 0 Å². The van der Waals surface area contributed by atoms with Crippen LogP contribution < -0.4 is 10.5 Å². The fourth-order valence-electron chi connectivity index (χ4n) is 1.42. The van der Waals surface area contributed by atoms with E-state index in [2.05, 4.69) is 36.6 Å². The van der Waals surface area contributed by atoms with Crippen molar-refractivity contribution in [1.29, 1.82) is 0 Å². The molecule has 102 valence electrons. The quantitative estimate of drug-likeness (QED) is 0.737. The molecule has 2 rings (SSSR count). The zero-order valence-corrected chi connectivity index (χ0v) is 14.4. The van der Waals surface area contributed by atoms with Crippen LogP contribution in [-0.4, -0.2) is 8.42 Å². The van der Waals surface area contributed by atoms with Gasteiger partial charge in [0.05, 0.1) is 4.90 Å². The maximum Gasteiger partial charge on any atom is 0.242 e. The molecule has 4 nitrogen and oxygen atoms in total. The number of hydrogen-bond donors (Lipinski definition) is 2. The average Bonchev–Trinajstić information content (AvgIpc) is 2.76. The Hall–Kier alpha value is -0.410. The van der Waals surface area contributed by atoms with Gasteiger partial charge >= 0.3 is 0 Å². The fraction of sp³-hybridized carbons (Fsp3) is 0.0909. The Morgan fingerprint density at radius 2 is 2.00 bits per heavy atom. The van der Waals surface area contributed by atoms with Gasteiger partial charge in [-0.15, -0.1) is 11.3 Å². The van der Waals surface area contributed by atoms with Crippen LogP contribution in [0.5, 0.6) is 0 Å². The number of nitrogens with two attached hydrogens (primary N) is 1. The van der Waals surface area contributed by atoms with Crippen LogP contribution in [0.2, 0.25) is 0 Å². The number of hydrogen-bond acceptors (Lipinski definition) is 4. The highest BCUT2D eigenvalue weighted by molar-refractivity contribution is 9.10. The summed E-state index contributed by atoms with van der Waals surface area (Å²) in [7, 11) is -3.59. The Kier molecular flexibility index (Phi) is 4.67. The van der Waals surface area contributed by atoms with E-state index in [9.17, 15) is 8.42 Å². The first kappa shape index (κ1) is 15.0. The zero-order chi connectivity index (χ0) is 14.0. The predicted octanol–water partition coefficient (Wildman–Crippen LogP) is 3.33. The van der Waals surface area contributed by atoms with E-state index in [0.29, 0.717) is 10.2 Å². The summed E-state index contributed by atoms with van der Waals surface area (Å²) in [5.74, 6) is 0. The van der Waals surface area contributed by atoms with Crippen LogP contribution in [0.4, 0.5) is 5.69 Å². The van der Waals surface area contributed by atoms with Crippen LogP contribution in [0.15, 0.2) is 43.5 Å². The SMILES string of the molecule is Nc1ccc(Br)c(S(=O)(=O)NCc2cc(Br)cs2)c1. The van der Waals surface area contributed by atoms with Crippen LogP contribution in [0.3, 0.4) is 0 Å². The molecule has 0 unspecified atom stereocenters. The summed E-state index contributed by atoms with van der Waals surface area (Å²) in [5.41, 5.74) is 6.02. The van der Waals surface area contributed by atoms with Gasteiger partial charge in [-0.1, -0.05) is 0 Å². The number of benzene rings is 1. The van der Waals surface area contributed by atoms with Crippen LogP contribution in [0.25, 0.3) is 0 Å². The molecule has 3 N–H and O–H groups in total. The third-order valence-corrected chi connectivity index (χ3v) is 6.40. The Balaban J connectivity index is 2.20. The minimum Gasteiger partial charge on any atom is -0.399 e. The van der Waals surface area contributed by atoms with E-state index in [0.717, 1.165) is 9.35 Å². The normalized spacial score (nSPS) is 11.7. The van der Waals surface area contributed by atoms with Gasteiger partial charge in [-0.05, 0) is 56.1 Å². The molecular formula is C11H10Br2N2O2S2. The van der Waals surface area contributed by atoms with Gasteiger partial charge in [-0.2, -0.15) is 0 Å². The van der Waals surface area contributed by atoms with E-state index in [1.165, 1.54) is 17.4 Å². The molecule has 1 aromatic heterocycles. The van der Waals surface area contributed by atoms with Crippen molar-refractivity contribution in [2.45, 2.75) is 11.4 Å². The van der Waals surface area contributed by atoms with Crippen molar-refractivity contribution < 1.29 is 8.42 Å². The van der Waals surface area contributed by atoms with Gasteiger partial charge in [0.25, 0.3) is 0 Å². The smallest absolute Gasteiger partial charge is 0.242 e. The number of rotatable bonds is 4. The maximum atomic E-state index is 12.2. The molecular weight excluding hydrogens is 416 g/mol. The molecule has 0 aliphatic heterocycles. The van der Waals surface area contributed by atoms with E-state index >= 15 is 0 Å². The van der Waals surface area contributed by atoms with E-state index in [1.807, 2.05) is 11.4 Å². The Morgan fingerprint density at radius 1 is 1.26 bits per heavy atom. The van der Waals surface area contributed by atoms with Crippen LogP contribution in [0, 0.1) is 0 Å². The van der Waals surface area contributed by atoms with Gasteiger partial charge in [0, 0.05) is 31.4 Å². The zero-order valence-electron chi connectivity index (χ0n) is 9.56. The predicted molar refractivity (Wildman–Crippen MR) is 84.6 cm³/mol. The first-order valence-electron chi connectivity index (χ1n) is 5.16. The van der Waals surface area contributed by atoms with Crippen LogP contribution in [0.1, 0.15) is 4.88 Å². The molecule has 0 fully saturated rings. The largest absolute Gasteiger partial charge is 0.399 e. The lowest BCUT2D eigenvalue weighted by Crippen LogP contribution is -2.23. The van der Waals surface area contributed by atoms with E-state index in [4.69, 9.17) is 5.73 Å². The van der Waals surface area contributed by atoms with Crippen molar-refractivity contribution >= 4 is 58.9 Å². The molecule has 0 saturated heterocycles. The van der Waals surface area contributed by atoms with E-state index in [1.54, 1.807) is 12.1 Å². The number of sulfonamides is 1. The first-order chi connectivity index (χ1) is 8.88. The molecule has 2 aromatic rings. The molecule has 0 radical (unpaired) electrons. The summed E-state index contributed by atoms with van der Waals surface area (Å²) in [6.45, 7) is 0.250. The Bertz CT molecular complexity index is 698.